The summed E-state index contributed by atoms with van der Waals surface area (Å²) >= 11 is 0. The molecular formula is C27H38O2. The molecule has 0 bridgehead atoms. The molecule has 29 heavy (non-hydrogen) atoms. The SMILES string of the molecule is CC1(C)CCC(C)(C)c2cc(-c3ccccc3OCCCCCCCO)ccc21. The zero-order valence-electron chi connectivity index (χ0n) is 18.8. The quantitative estimate of drug-likeness (QED) is 0.463. The molecule has 0 radical (unpaired) electrons. The van der Waals surface area contributed by atoms with E-state index in [0.29, 0.717) is 6.61 Å². The van der Waals surface area contributed by atoms with E-state index >= 15 is 0 Å². The van der Waals surface area contributed by atoms with Gasteiger partial charge in [-0.25, -0.2) is 0 Å². The van der Waals surface area contributed by atoms with Crippen LogP contribution in [0.3, 0.4) is 0 Å². The summed E-state index contributed by atoms with van der Waals surface area (Å²) in [5.74, 6) is 0.982. The second-order valence-electron chi connectivity index (χ2n) is 9.86. The molecule has 1 aliphatic carbocycles. The Balaban J connectivity index is 1.76. The first kappa shape index (κ1) is 21.9. The fourth-order valence-corrected chi connectivity index (χ4v) is 4.51. The van der Waals surface area contributed by atoms with Gasteiger partial charge in [0.05, 0.1) is 6.61 Å². The Kier molecular flexibility index (Phi) is 7.05. The summed E-state index contributed by atoms with van der Waals surface area (Å²) < 4.78 is 6.19. The minimum Gasteiger partial charge on any atom is -0.493 e. The van der Waals surface area contributed by atoms with Crippen LogP contribution < -0.4 is 4.74 Å². The van der Waals surface area contributed by atoms with Crippen molar-refractivity contribution in [2.45, 2.75) is 83.5 Å². The molecule has 0 atom stereocenters. The molecule has 0 unspecified atom stereocenters. The molecule has 3 rings (SSSR count). The van der Waals surface area contributed by atoms with E-state index in [1.807, 2.05) is 0 Å². The molecule has 2 aromatic carbocycles. The molecule has 0 saturated heterocycles. The van der Waals surface area contributed by atoms with Gasteiger partial charge in [0.1, 0.15) is 5.75 Å². The lowest BCUT2D eigenvalue weighted by Gasteiger charge is -2.42. The van der Waals surface area contributed by atoms with E-state index in [9.17, 15) is 0 Å². The van der Waals surface area contributed by atoms with Crippen molar-refractivity contribution in [1.29, 1.82) is 0 Å². The number of aliphatic hydroxyl groups excluding tert-OH is 1. The zero-order chi connectivity index (χ0) is 20.9. The van der Waals surface area contributed by atoms with Crippen LogP contribution in [0.1, 0.15) is 83.8 Å². The van der Waals surface area contributed by atoms with Gasteiger partial charge in [-0.3, -0.25) is 0 Å². The number of rotatable bonds is 9. The molecule has 158 valence electrons. The smallest absolute Gasteiger partial charge is 0.127 e. The number of para-hydroxylation sites is 1. The Morgan fingerprint density at radius 2 is 1.45 bits per heavy atom. The average molecular weight is 395 g/mol. The molecule has 2 aromatic rings. The van der Waals surface area contributed by atoms with E-state index in [2.05, 4.69) is 70.2 Å². The van der Waals surface area contributed by atoms with Crippen LogP contribution in [-0.4, -0.2) is 18.3 Å². The predicted molar refractivity (Wildman–Crippen MR) is 123 cm³/mol. The van der Waals surface area contributed by atoms with E-state index < -0.39 is 0 Å². The third-order valence-corrected chi connectivity index (χ3v) is 6.61. The highest BCUT2D eigenvalue weighted by molar-refractivity contribution is 5.72. The highest BCUT2D eigenvalue weighted by Gasteiger charge is 2.37. The first-order chi connectivity index (χ1) is 13.8. The van der Waals surface area contributed by atoms with Gasteiger partial charge in [-0.15, -0.1) is 0 Å². The fourth-order valence-electron chi connectivity index (χ4n) is 4.51. The lowest BCUT2D eigenvalue weighted by Crippen LogP contribution is -2.33. The zero-order valence-corrected chi connectivity index (χ0v) is 18.8. The summed E-state index contributed by atoms with van der Waals surface area (Å²) in [5, 5.41) is 8.87. The van der Waals surface area contributed by atoms with Gasteiger partial charge in [-0.1, -0.05) is 83.4 Å². The fraction of sp³-hybridized carbons (Fsp3) is 0.556. The van der Waals surface area contributed by atoms with E-state index in [1.165, 1.54) is 41.5 Å². The Bertz CT molecular complexity index is 804. The summed E-state index contributed by atoms with van der Waals surface area (Å²) in [6, 6.07) is 15.5. The normalized spacial score (nSPS) is 17.0. The second-order valence-corrected chi connectivity index (χ2v) is 9.86. The largest absolute Gasteiger partial charge is 0.493 e. The number of unbranched alkanes of at least 4 members (excludes halogenated alkanes) is 4. The van der Waals surface area contributed by atoms with Gasteiger partial charge < -0.3 is 9.84 Å². The van der Waals surface area contributed by atoms with Crippen LogP contribution in [0.25, 0.3) is 11.1 Å². The minimum absolute atomic E-state index is 0.214. The topological polar surface area (TPSA) is 29.5 Å². The van der Waals surface area contributed by atoms with Gasteiger partial charge in [0, 0.05) is 12.2 Å². The van der Waals surface area contributed by atoms with Crippen molar-refractivity contribution in [3.63, 3.8) is 0 Å². The molecule has 2 heteroatoms. The molecule has 1 N–H and O–H groups in total. The van der Waals surface area contributed by atoms with Crippen LogP contribution in [0.15, 0.2) is 42.5 Å². The van der Waals surface area contributed by atoms with Crippen LogP contribution in [0.5, 0.6) is 5.75 Å². The highest BCUT2D eigenvalue weighted by atomic mass is 16.5. The first-order valence-electron chi connectivity index (χ1n) is 11.3. The number of hydrogen-bond acceptors (Lipinski definition) is 2. The monoisotopic (exact) mass is 394 g/mol. The van der Waals surface area contributed by atoms with Gasteiger partial charge in [-0.2, -0.15) is 0 Å². The third kappa shape index (κ3) is 5.22. The van der Waals surface area contributed by atoms with Gasteiger partial charge in [0.15, 0.2) is 0 Å². The molecule has 0 amide bonds. The van der Waals surface area contributed by atoms with Crippen molar-refractivity contribution in [3.05, 3.63) is 53.6 Å². The molecule has 0 heterocycles. The minimum atomic E-state index is 0.214. The Hall–Kier alpha value is -1.80. The number of ether oxygens (including phenoxy) is 1. The van der Waals surface area contributed by atoms with Gasteiger partial charge in [0.2, 0.25) is 0 Å². The van der Waals surface area contributed by atoms with Crippen LogP contribution in [0, 0.1) is 0 Å². The van der Waals surface area contributed by atoms with E-state index in [4.69, 9.17) is 9.84 Å². The first-order valence-corrected chi connectivity index (χ1v) is 11.3. The maximum Gasteiger partial charge on any atom is 0.127 e. The number of fused-ring (bicyclic) bond motifs is 1. The number of benzene rings is 2. The third-order valence-electron chi connectivity index (χ3n) is 6.61. The summed E-state index contributed by atoms with van der Waals surface area (Å²) in [7, 11) is 0. The van der Waals surface area contributed by atoms with E-state index in [1.54, 1.807) is 0 Å². The van der Waals surface area contributed by atoms with E-state index in [0.717, 1.165) is 38.0 Å². The van der Waals surface area contributed by atoms with Crippen LogP contribution >= 0.6 is 0 Å². The maximum absolute atomic E-state index is 8.87. The highest BCUT2D eigenvalue weighted by Crippen LogP contribution is 2.47. The Morgan fingerprint density at radius 3 is 2.21 bits per heavy atom. The molecule has 0 fully saturated rings. The molecule has 2 nitrogen and oxygen atoms in total. The van der Waals surface area contributed by atoms with Crippen LogP contribution in [-0.2, 0) is 10.8 Å². The van der Waals surface area contributed by atoms with Crippen molar-refractivity contribution in [3.8, 4) is 16.9 Å². The standard InChI is InChI=1S/C27H38O2/c1-26(2)16-17-27(3,4)24-20-21(14-15-23(24)26)22-12-8-9-13-25(22)29-19-11-7-5-6-10-18-28/h8-9,12-15,20,28H,5-7,10-11,16-19H2,1-4H3. The van der Waals surface area contributed by atoms with Crippen molar-refractivity contribution >= 4 is 0 Å². The summed E-state index contributed by atoms with van der Waals surface area (Å²) in [6.45, 7) is 10.6. The molecule has 0 aromatic heterocycles. The predicted octanol–water partition coefficient (Wildman–Crippen LogP) is 7.02. The molecule has 0 aliphatic heterocycles. The van der Waals surface area contributed by atoms with Crippen LogP contribution in [0.4, 0.5) is 0 Å². The molecule has 1 aliphatic rings. The van der Waals surface area contributed by atoms with Crippen molar-refractivity contribution in [2.24, 2.45) is 0 Å². The number of aliphatic hydroxyl groups is 1. The Morgan fingerprint density at radius 1 is 0.793 bits per heavy atom. The lowest BCUT2D eigenvalue weighted by atomic mass is 9.63. The average Bonchev–Trinajstić information content (AvgIpc) is 2.71. The number of hydrogen-bond donors (Lipinski definition) is 1. The molecule has 0 spiro atoms. The van der Waals surface area contributed by atoms with Gasteiger partial charge in [-0.05, 0) is 59.3 Å². The lowest BCUT2D eigenvalue weighted by molar-refractivity contribution is 0.278. The molecular weight excluding hydrogens is 356 g/mol. The van der Waals surface area contributed by atoms with Crippen molar-refractivity contribution in [2.75, 3.05) is 13.2 Å². The summed E-state index contributed by atoms with van der Waals surface area (Å²) in [5.41, 5.74) is 5.90. The summed E-state index contributed by atoms with van der Waals surface area (Å²) in [4.78, 5) is 0. The van der Waals surface area contributed by atoms with Gasteiger partial charge >= 0.3 is 0 Å². The second kappa shape index (κ2) is 9.34. The van der Waals surface area contributed by atoms with Crippen LogP contribution in [0.2, 0.25) is 0 Å². The summed E-state index contributed by atoms with van der Waals surface area (Å²) in [6.07, 6.45) is 7.87. The maximum atomic E-state index is 8.87. The van der Waals surface area contributed by atoms with Gasteiger partial charge in [0.25, 0.3) is 0 Å². The molecule has 0 saturated carbocycles. The van der Waals surface area contributed by atoms with Crippen molar-refractivity contribution in [1.82, 2.24) is 0 Å². The van der Waals surface area contributed by atoms with Crippen molar-refractivity contribution < 1.29 is 9.84 Å². The Labute approximate surface area is 177 Å². The van der Waals surface area contributed by atoms with E-state index in [-0.39, 0.29) is 10.8 Å².